The normalized spacial score (nSPS) is 11.7. The molecule has 0 aliphatic carbocycles. The van der Waals surface area contributed by atoms with E-state index >= 15 is 0 Å². The molecule has 2 aromatic carbocycles. The zero-order valence-corrected chi connectivity index (χ0v) is 21.4. The third-order valence-corrected chi connectivity index (χ3v) is 5.49. The molecule has 0 aliphatic heterocycles. The minimum atomic E-state index is 0.276. The highest BCUT2D eigenvalue weighted by Crippen LogP contribution is 2.22. The molecule has 188 valence electrons. The monoisotopic (exact) mass is 488 g/mol. The maximum atomic E-state index is 5.98. The predicted octanol–water partition coefficient (Wildman–Crippen LogP) is 4.19. The molecule has 1 heterocycles. The number of benzene rings is 2. The number of likely N-dealkylation sites (N-methyl/N-ethyl adjacent to an activating group) is 1. The fraction of sp³-hybridized carbons (Fsp3) is 0.259. The number of amidine groups is 1. The van der Waals surface area contributed by atoms with Gasteiger partial charge < -0.3 is 19.1 Å². The van der Waals surface area contributed by atoms with Gasteiger partial charge in [-0.3, -0.25) is 4.68 Å². The molecule has 0 amide bonds. The highest BCUT2D eigenvalue weighted by atomic mass is 16.5. The third-order valence-electron chi connectivity index (χ3n) is 5.49. The molecule has 0 saturated heterocycles. The van der Waals surface area contributed by atoms with E-state index < -0.39 is 0 Å². The SMILES string of the molecule is C=N/N=C(/Cc1ccc(C(=C)N=C(OC)c2cnn(C)c2COc2cccc(OC)c2)cc1)N(C)C. The maximum absolute atomic E-state index is 5.98. The Kier molecular flexibility index (Phi) is 8.99. The molecule has 0 fully saturated rings. The van der Waals surface area contributed by atoms with E-state index in [2.05, 4.69) is 33.6 Å². The molecular formula is C27H32N6O3. The molecule has 0 N–H and O–H groups in total. The molecule has 9 nitrogen and oxygen atoms in total. The van der Waals surface area contributed by atoms with Crippen LogP contribution in [0.15, 0.2) is 76.5 Å². The minimum absolute atomic E-state index is 0.276. The van der Waals surface area contributed by atoms with Crippen LogP contribution in [-0.2, 0) is 24.8 Å². The van der Waals surface area contributed by atoms with Gasteiger partial charge in [0.05, 0.1) is 37.4 Å². The highest BCUT2D eigenvalue weighted by Gasteiger charge is 2.17. The summed E-state index contributed by atoms with van der Waals surface area (Å²) in [5.41, 5.74) is 4.06. The van der Waals surface area contributed by atoms with E-state index in [9.17, 15) is 0 Å². The number of hydrogen-bond acceptors (Lipinski definition) is 7. The van der Waals surface area contributed by atoms with E-state index in [4.69, 9.17) is 14.2 Å². The summed E-state index contributed by atoms with van der Waals surface area (Å²) in [6.07, 6.45) is 2.34. The highest BCUT2D eigenvalue weighted by molar-refractivity contribution is 5.98. The number of aryl methyl sites for hydroxylation is 1. The lowest BCUT2D eigenvalue weighted by Crippen LogP contribution is -2.23. The zero-order chi connectivity index (χ0) is 26.1. The number of ether oxygens (including phenoxy) is 3. The van der Waals surface area contributed by atoms with Crippen LogP contribution in [0.4, 0.5) is 0 Å². The van der Waals surface area contributed by atoms with Crippen LogP contribution in [0.1, 0.15) is 22.4 Å². The molecule has 0 saturated carbocycles. The van der Waals surface area contributed by atoms with Crippen molar-refractivity contribution < 1.29 is 14.2 Å². The lowest BCUT2D eigenvalue weighted by atomic mass is 10.1. The Bertz CT molecular complexity index is 1260. The fourth-order valence-corrected chi connectivity index (χ4v) is 3.42. The van der Waals surface area contributed by atoms with Gasteiger partial charge in [0, 0.05) is 40.3 Å². The van der Waals surface area contributed by atoms with Crippen LogP contribution in [0, 0.1) is 0 Å². The van der Waals surface area contributed by atoms with Gasteiger partial charge in [-0.05, 0) is 23.3 Å². The van der Waals surface area contributed by atoms with Crippen LogP contribution in [0.5, 0.6) is 11.5 Å². The summed E-state index contributed by atoms with van der Waals surface area (Å²) in [7, 11) is 8.90. The van der Waals surface area contributed by atoms with Crippen LogP contribution in [0.3, 0.4) is 0 Å². The maximum Gasteiger partial charge on any atom is 0.224 e. The molecule has 3 rings (SSSR count). The Hall–Kier alpha value is -4.40. The van der Waals surface area contributed by atoms with Gasteiger partial charge in [0.15, 0.2) is 0 Å². The van der Waals surface area contributed by atoms with Crippen molar-refractivity contribution in [2.24, 2.45) is 22.2 Å². The summed E-state index contributed by atoms with van der Waals surface area (Å²) >= 11 is 0. The second kappa shape index (κ2) is 12.3. The van der Waals surface area contributed by atoms with Gasteiger partial charge >= 0.3 is 0 Å². The summed E-state index contributed by atoms with van der Waals surface area (Å²) in [4.78, 5) is 6.57. The molecule has 0 unspecified atom stereocenters. The standard InChI is InChI=1S/C27H32N6O3/c1-19(21-13-11-20(12-14-21)15-26(31-28-2)32(3)4)30-27(35-7)24-17-29-33(5)25(24)18-36-23-10-8-9-22(16-23)34-6/h8-14,16-17H,1-2,15,18H2,3-7H3/b30-27?,31-26-. The lowest BCUT2D eigenvalue weighted by Gasteiger charge is -2.14. The first-order chi connectivity index (χ1) is 17.4. The van der Waals surface area contributed by atoms with Gasteiger partial charge in [-0.1, -0.05) is 36.9 Å². The van der Waals surface area contributed by atoms with Gasteiger partial charge in [-0.15, -0.1) is 5.10 Å². The van der Waals surface area contributed by atoms with Crippen LogP contribution < -0.4 is 9.47 Å². The number of aliphatic imine (C=N–C) groups is 1. The Morgan fingerprint density at radius 1 is 1.08 bits per heavy atom. The fourth-order valence-electron chi connectivity index (χ4n) is 3.42. The van der Waals surface area contributed by atoms with Crippen LogP contribution in [-0.4, -0.2) is 61.4 Å². The molecule has 9 heteroatoms. The van der Waals surface area contributed by atoms with E-state index in [-0.39, 0.29) is 6.61 Å². The van der Waals surface area contributed by atoms with E-state index in [1.54, 1.807) is 25.1 Å². The second-order valence-electron chi connectivity index (χ2n) is 8.09. The Morgan fingerprint density at radius 2 is 1.81 bits per heavy atom. The van der Waals surface area contributed by atoms with Crippen molar-refractivity contribution >= 4 is 24.1 Å². The van der Waals surface area contributed by atoms with Crippen molar-refractivity contribution in [3.8, 4) is 11.5 Å². The molecule has 0 spiro atoms. The van der Waals surface area contributed by atoms with E-state index in [1.165, 1.54) is 0 Å². The first-order valence-electron chi connectivity index (χ1n) is 11.2. The van der Waals surface area contributed by atoms with Gasteiger partial charge in [-0.25, -0.2) is 4.99 Å². The Labute approximate surface area is 212 Å². The third kappa shape index (κ3) is 6.59. The van der Waals surface area contributed by atoms with Crippen molar-refractivity contribution in [3.05, 3.63) is 83.7 Å². The zero-order valence-electron chi connectivity index (χ0n) is 21.4. The Balaban J connectivity index is 1.77. The molecular weight excluding hydrogens is 456 g/mol. The van der Waals surface area contributed by atoms with Crippen molar-refractivity contribution in [1.82, 2.24) is 14.7 Å². The van der Waals surface area contributed by atoms with Crippen LogP contribution >= 0.6 is 0 Å². The molecule has 1 aromatic heterocycles. The summed E-state index contributed by atoms with van der Waals surface area (Å²) < 4.78 is 18.6. The number of nitrogens with zero attached hydrogens (tertiary/aromatic N) is 6. The molecule has 0 radical (unpaired) electrons. The smallest absolute Gasteiger partial charge is 0.224 e. The van der Waals surface area contributed by atoms with Crippen molar-refractivity contribution in [2.45, 2.75) is 13.0 Å². The quantitative estimate of drug-likeness (QED) is 0.243. The number of methoxy groups -OCH3 is 2. The Morgan fingerprint density at radius 3 is 2.44 bits per heavy atom. The molecule has 36 heavy (non-hydrogen) atoms. The number of aromatic nitrogens is 2. The van der Waals surface area contributed by atoms with E-state index in [0.29, 0.717) is 23.8 Å². The van der Waals surface area contributed by atoms with Gasteiger partial charge in [-0.2, -0.15) is 10.2 Å². The van der Waals surface area contributed by atoms with Gasteiger partial charge in [0.1, 0.15) is 23.9 Å². The minimum Gasteiger partial charge on any atom is -0.497 e. The van der Waals surface area contributed by atoms with Gasteiger partial charge in [0.2, 0.25) is 5.90 Å². The van der Waals surface area contributed by atoms with Crippen molar-refractivity contribution in [2.75, 3.05) is 28.3 Å². The summed E-state index contributed by atoms with van der Waals surface area (Å²) in [5.74, 6) is 2.63. The number of hydrogen-bond donors (Lipinski definition) is 0. The average molecular weight is 489 g/mol. The molecule has 3 aromatic rings. The molecule has 0 atom stereocenters. The van der Waals surface area contributed by atoms with Crippen molar-refractivity contribution in [1.29, 1.82) is 0 Å². The van der Waals surface area contributed by atoms with Crippen molar-refractivity contribution in [3.63, 3.8) is 0 Å². The van der Waals surface area contributed by atoms with Crippen LogP contribution in [0.25, 0.3) is 5.70 Å². The number of rotatable bonds is 10. The predicted molar refractivity (Wildman–Crippen MR) is 144 cm³/mol. The first-order valence-corrected chi connectivity index (χ1v) is 11.2. The van der Waals surface area contributed by atoms with E-state index in [1.807, 2.05) is 74.6 Å². The largest absolute Gasteiger partial charge is 0.497 e. The first kappa shape index (κ1) is 26.2. The van der Waals surface area contributed by atoms with Crippen LogP contribution in [0.2, 0.25) is 0 Å². The second-order valence-corrected chi connectivity index (χ2v) is 8.09. The summed E-state index contributed by atoms with van der Waals surface area (Å²) in [5, 5.41) is 12.1. The van der Waals surface area contributed by atoms with Gasteiger partial charge in [0.25, 0.3) is 0 Å². The lowest BCUT2D eigenvalue weighted by molar-refractivity contribution is 0.291. The average Bonchev–Trinajstić information content (AvgIpc) is 3.25. The van der Waals surface area contributed by atoms with E-state index in [0.717, 1.165) is 34.0 Å². The summed E-state index contributed by atoms with van der Waals surface area (Å²) in [6, 6.07) is 15.4. The topological polar surface area (TPSA) is 85.8 Å². The molecule has 0 bridgehead atoms. The molecule has 0 aliphatic rings. The summed E-state index contributed by atoms with van der Waals surface area (Å²) in [6.45, 7) is 7.86.